The Bertz CT molecular complexity index is 764. The highest BCUT2D eigenvalue weighted by molar-refractivity contribution is 7.08. The van der Waals surface area contributed by atoms with Crippen LogP contribution in [0.15, 0.2) is 35.0 Å². The molecule has 4 rings (SSSR count). The lowest BCUT2D eigenvalue weighted by atomic mass is 10.1. The summed E-state index contributed by atoms with van der Waals surface area (Å²) < 4.78 is 0. The smallest absolute Gasteiger partial charge is 0.256 e. The van der Waals surface area contributed by atoms with E-state index in [1.54, 1.807) is 0 Å². The van der Waals surface area contributed by atoms with E-state index < -0.39 is 0 Å². The first-order valence-electron chi connectivity index (χ1n) is 8.50. The monoisotopic (exact) mass is 340 g/mol. The number of nitrogens with one attached hydrogen (secondary N) is 1. The van der Waals surface area contributed by atoms with Gasteiger partial charge in [-0.15, -0.1) is 0 Å². The summed E-state index contributed by atoms with van der Waals surface area (Å²) in [6.07, 6.45) is 5.24. The van der Waals surface area contributed by atoms with Crippen molar-refractivity contribution in [2.45, 2.75) is 32.1 Å². The van der Waals surface area contributed by atoms with Crippen LogP contribution >= 0.6 is 11.3 Å². The first-order valence-corrected chi connectivity index (χ1v) is 9.44. The fraction of sp³-hybridized carbons (Fsp3) is 0.368. The molecule has 1 N–H and O–H groups in total. The third-order valence-corrected chi connectivity index (χ3v) is 5.68. The second-order valence-electron chi connectivity index (χ2n) is 6.53. The Morgan fingerprint density at radius 3 is 2.75 bits per heavy atom. The van der Waals surface area contributed by atoms with Gasteiger partial charge in [-0.05, 0) is 48.4 Å². The molecule has 1 aromatic heterocycles. The minimum absolute atomic E-state index is 0.108. The fourth-order valence-corrected chi connectivity index (χ4v) is 4.31. The molecule has 0 radical (unpaired) electrons. The molecule has 2 aromatic rings. The zero-order valence-corrected chi connectivity index (χ0v) is 14.3. The molecule has 0 bridgehead atoms. The summed E-state index contributed by atoms with van der Waals surface area (Å²) in [6.45, 7) is 0.757. The molecule has 0 unspecified atom stereocenters. The number of amides is 2. The molecule has 0 spiro atoms. The highest BCUT2D eigenvalue weighted by Crippen LogP contribution is 2.35. The predicted octanol–water partition coefficient (Wildman–Crippen LogP) is 4.08. The molecule has 0 saturated heterocycles. The predicted molar refractivity (Wildman–Crippen MR) is 96.7 cm³/mol. The number of nitrogens with zero attached hydrogens (tertiary/aromatic N) is 1. The van der Waals surface area contributed by atoms with Gasteiger partial charge in [0.2, 0.25) is 5.91 Å². The lowest BCUT2D eigenvalue weighted by Gasteiger charge is -2.21. The molecule has 1 aliphatic heterocycles. The van der Waals surface area contributed by atoms with Crippen LogP contribution in [0.2, 0.25) is 0 Å². The Labute approximate surface area is 145 Å². The van der Waals surface area contributed by atoms with E-state index in [9.17, 15) is 9.59 Å². The van der Waals surface area contributed by atoms with Crippen LogP contribution in [0.1, 0.15) is 41.6 Å². The van der Waals surface area contributed by atoms with Crippen molar-refractivity contribution in [1.82, 2.24) is 0 Å². The number of hydrogen-bond acceptors (Lipinski definition) is 3. The van der Waals surface area contributed by atoms with Gasteiger partial charge in [-0.3, -0.25) is 9.59 Å². The average molecular weight is 340 g/mol. The second kappa shape index (κ2) is 6.40. The van der Waals surface area contributed by atoms with Gasteiger partial charge in [0.05, 0.1) is 5.56 Å². The van der Waals surface area contributed by atoms with Crippen LogP contribution in [0.25, 0.3) is 0 Å². The fourth-order valence-electron chi connectivity index (χ4n) is 3.68. The minimum Gasteiger partial charge on any atom is -0.322 e. The van der Waals surface area contributed by atoms with Crippen LogP contribution in [-0.4, -0.2) is 18.4 Å². The molecular weight excluding hydrogens is 320 g/mol. The Balaban J connectivity index is 1.54. The molecule has 2 heterocycles. The molecule has 1 aliphatic carbocycles. The summed E-state index contributed by atoms with van der Waals surface area (Å²) in [7, 11) is 0. The molecule has 124 valence electrons. The zero-order chi connectivity index (χ0) is 16.5. The number of fused-ring (bicyclic) bond motifs is 1. The van der Waals surface area contributed by atoms with Gasteiger partial charge in [0.25, 0.3) is 5.91 Å². The van der Waals surface area contributed by atoms with Crippen molar-refractivity contribution in [2.75, 3.05) is 16.8 Å². The summed E-state index contributed by atoms with van der Waals surface area (Å²) in [5.41, 5.74) is 3.57. The zero-order valence-electron chi connectivity index (χ0n) is 13.5. The molecule has 2 amide bonds. The first kappa shape index (κ1) is 15.4. The van der Waals surface area contributed by atoms with Crippen molar-refractivity contribution in [1.29, 1.82) is 0 Å². The van der Waals surface area contributed by atoms with Crippen molar-refractivity contribution in [2.24, 2.45) is 5.92 Å². The quantitative estimate of drug-likeness (QED) is 0.915. The highest BCUT2D eigenvalue weighted by Gasteiger charge is 2.31. The van der Waals surface area contributed by atoms with Crippen LogP contribution < -0.4 is 10.2 Å². The number of anilines is 2. The number of carbonyl (C=O) groups excluding carboxylic acids is 2. The van der Waals surface area contributed by atoms with E-state index in [0.29, 0.717) is 5.56 Å². The number of rotatable bonds is 3. The topological polar surface area (TPSA) is 49.4 Å². The van der Waals surface area contributed by atoms with E-state index in [1.165, 1.54) is 16.9 Å². The van der Waals surface area contributed by atoms with E-state index in [2.05, 4.69) is 5.32 Å². The van der Waals surface area contributed by atoms with E-state index in [0.717, 1.165) is 50.0 Å². The van der Waals surface area contributed by atoms with Crippen LogP contribution in [-0.2, 0) is 11.2 Å². The third-order valence-electron chi connectivity index (χ3n) is 4.99. The molecule has 4 nitrogen and oxygen atoms in total. The Hall–Kier alpha value is -2.14. The van der Waals surface area contributed by atoms with E-state index in [1.807, 2.05) is 39.9 Å². The summed E-state index contributed by atoms with van der Waals surface area (Å²) in [5.74, 6) is 0.329. The average Bonchev–Trinajstić information content (AvgIpc) is 3.33. The van der Waals surface area contributed by atoms with Crippen molar-refractivity contribution < 1.29 is 9.59 Å². The van der Waals surface area contributed by atoms with Crippen molar-refractivity contribution in [3.05, 3.63) is 46.2 Å². The van der Waals surface area contributed by atoms with Gasteiger partial charge >= 0.3 is 0 Å². The van der Waals surface area contributed by atoms with Gasteiger partial charge < -0.3 is 10.2 Å². The normalized spacial score (nSPS) is 17.1. The maximum atomic E-state index is 12.8. The summed E-state index contributed by atoms with van der Waals surface area (Å²) in [4.78, 5) is 26.9. The standard InChI is InChI=1S/C19H20N2O2S/c22-18(15-8-10-24-12-15)20-16-6-5-13-7-9-21(17(13)11-16)19(23)14-3-1-2-4-14/h5-6,8,10-12,14H,1-4,7,9H2,(H,20,22). The van der Waals surface area contributed by atoms with Gasteiger partial charge in [0, 0.05) is 29.2 Å². The third kappa shape index (κ3) is 2.84. The van der Waals surface area contributed by atoms with Crippen LogP contribution in [0.3, 0.4) is 0 Å². The Morgan fingerprint density at radius 1 is 1.17 bits per heavy atom. The van der Waals surface area contributed by atoms with Crippen molar-refractivity contribution in [3.8, 4) is 0 Å². The number of thiophene rings is 1. The Kier molecular flexibility index (Phi) is 4.10. The van der Waals surface area contributed by atoms with Gasteiger partial charge in [0.1, 0.15) is 0 Å². The van der Waals surface area contributed by atoms with Crippen LogP contribution in [0, 0.1) is 5.92 Å². The van der Waals surface area contributed by atoms with Crippen LogP contribution in [0.5, 0.6) is 0 Å². The van der Waals surface area contributed by atoms with Gasteiger partial charge in [0.15, 0.2) is 0 Å². The highest BCUT2D eigenvalue weighted by atomic mass is 32.1. The summed E-state index contributed by atoms with van der Waals surface area (Å²) in [6, 6.07) is 7.70. The van der Waals surface area contributed by atoms with Gasteiger partial charge in [-0.2, -0.15) is 11.3 Å². The number of carbonyl (C=O) groups is 2. The SMILES string of the molecule is O=C(Nc1ccc2c(c1)N(C(=O)C1CCCC1)CC2)c1ccsc1. The lowest BCUT2D eigenvalue weighted by molar-refractivity contribution is -0.122. The molecule has 1 saturated carbocycles. The summed E-state index contributed by atoms with van der Waals surface area (Å²) in [5, 5.41) is 6.65. The molecular formula is C19H20N2O2S. The van der Waals surface area contributed by atoms with Gasteiger partial charge in [-0.1, -0.05) is 18.9 Å². The van der Waals surface area contributed by atoms with E-state index in [4.69, 9.17) is 0 Å². The van der Waals surface area contributed by atoms with Gasteiger partial charge in [-0.25, -0.2) is 0 Å². The largest absolute Gasteiger partial charge is 0.322 e. The van der Waals surface area contributed by atoms with Crippen LogP contribution in [0.4, 0.5) is 11.4 Å². The van der Waals surface area contributed by atoms with Crippen molar-refractivity contribution in [3.63, 3.8) is 0 Å². The van der Waals surface area contributed by atoms with E-state index in [-0.39, 0.29) is 17.7 Å². The Morgan fingerprint density at radius 2 is 2.00 bits per heavy atom. The molecule has 1 fully saturated rings. The maximum absolute atomic E-state index is 12.8. The molecule has 1 aromatic carbocycles. The molecule has 2 aliphatic rings. The first-order chi connectivity index (χ1) is 11.7. The number of hydrogen-bond donors (Lipinski definition) is 1. The molecule has 24 heavy (non-hydrogen) atoms. The minimum atomic E-state index is -0.108. The second-order valence-corrected chi connectivity index (χ2v) is 7.31. The molecule has 0 atom stereocenters. The number of benzene rings is 1. The van der Waals surface area contributed by atoms with Crippen molar-refractivity contribution >= 4 is 34.5 Å². The van der Waals surface area contributed by atoms with E-state index >= 15 is 0 Å². The molecule has 5 heteroatoms. The lowest BCUT2D eigenvalue weighted by Crippen LogP contribution is -2.33. The summed E-state index contributed by atoms with van der Waals surface area (Å²) >= 11 is 1.50. The maximum Gasteiger partial charge on any atom is 0.256 e.